The smallest absolute Gasteiger partial charge is 0.220 e. The highest BCUT2D eigenvalue weighted by molar-refractivity contribution is 5.76. The Balaban J connectivity index is 1.02. The summed E-state index contributed by atoms with van der Waals surface area (Å²) in [6.07, 6.45) is 17.5. The first-order chi connectivity index (χ1) is 13.5. The van der Waals surface area contributed by atoms with Crippen molar-refractivity contribution in [2.75, 3.05) is 6.54 Å². The monoisotopic (exact) mass is 385 g/mol. The number of hydrogen-bond acceptors (Lipinski definition) is 2. The van der Waals surface area contributed by atoms with Crippen LogP contribution < -0.4 is 5.32 Å². The summed E-state index contributed by atoms with van der Waals surface area (Å²) in [6.45, 7) is 2.89. The summed E-state index contributed by atoms with van der Waals surface area (Å²) in [7, 11) is 0. The quantitative estimate of drug-likeness (QED) is 0.692. The van der Waals surface area contributed by atoms with Crippen LogP contribution in [0.3, 0.4) is 0 Å². The van der Waals surface area contributed by atoms with Gasteiger partial charge in [-0.05, 0) is 125 Å². The highest BCUT2D eigenvalue weighted by Gasteiger charge is 2.53. The van der Waals surface area contributed by atoms with Crippen LogP contribution in [0.1, 0.15) is 90.4 Å². The lowest BCUT2D eigenvalue weighted by molar-refractivity contribution is -0.183. The molecule has 1 unspecified atom stereocenters. The summed E-state index contributed by atoms with van der Waals surface area (Å²) in [5.41, 5.74) is 0.502. The van der Waals surface area contributed by atoms with Crippen molar-refractivity contribution >= 4 is 5.91 Å². The van der Waals surface area contributed by atoms with E-state index < -0.39 is 0 Å². The molecule has 1 N–H and O–H groups in total. The van der Waals surface area contributed by atoms with E-state index in [1.807, 2.05) is 0 Å². The molecule has 0 aromatic rings. The molecule has 8 rings (SSSR count). The third kappa shape index (κ3) is 3.24. The van der Waals surface area contributed by atoms with Gasteiger partial charge < -0.3 is 10.1 Å². The molecule has 0 aromatic heterocycles. The molecular formula is C25H39NO2. The molecule has 0 aliphatic heterocycles. The van der Waals surface area contributed by atoms with Crippen molar-refractivity contribution < 1.29 is 9.53 Å². The molecule has 0 aromatic carbocycles. The zero-order valence-corrected chi connectivity index (χ0v) is 17.8. The van der Waals surface area contributed by atoms with Gasteiger partial charge in [-0.25, -0.2) is 0 Å². The summed E-state index contributed by atoms with van der Waals surface area (Å²) < 4.78 is 6.68. The number of carbonyl (C=O) groups is 1. The molecule has 8 fully saturated rings. The number of ether oxygens (including phenoxy) is 1. The zero-order valence-electron chi connectivity index (χ0n) is 17.8. The minimum Gasteiger partial charge on any atom is -0.370 e. The molecule has 1 amide bonds. The van der Waals surface area contributed by atoms with Crippen molar-refractivity contribution in [1.82, 2.24) is 5.32 Å². The molecular weight excluding hydrogens is 346 g/mol. The Labute approximate surface area is 170 Å². The van der Waals surface area contributed by atoms with Crippen molar-refractivity contribution in [2.45, 2.75) is 102 Å². The molecule has 8 aliphatic rings. The fourth-order valence-electron chi connectivity index (χ4n) is 9.81. The number of carbonyl (C=O) groups excluding carboxylic acids is 1. The predicted octanol–water partition coefficient (Wildman–Crippen LogP) is 5.08. The highest BCUT2D eigenvalue weighted by Crippen LogP contribution is 2.61. The zero-order chi connectivity index (χ0) is 18.9. The summed E-state index contributed by atoms with van der Waals surface area (Å²) >= 11 is 0. The minimum absolute atomic E-state index is 0.150. The third-order valence-electron chi connectivity index (χ3n) is 9.72. The number of nitrogens with one attached hydrogen (secondary N) is 1. The Morgan fingerprint density at radius 3 is 1.71 bits per heavy atom. The van der Waals surface area contributed by atoms with Gasteiger partial charge in [0.05, 0.1) is 11.7 Å². The second kappa shape index (κ2) is 6.46. The van der Waals surface area contributed by atoms with Crippen LogP contribution in [-0.2, 0) is 9.53 Å². The van der Waals surface area contributed by atoms with Crippen molar-refractivity contribution in [3.8, 4) is 0 Å². The Bertz CT molecular complexity index is 570. The molecule has 0 saturated heterocycles. The standard InChI is InChI=1S/C25H39NO2/c1-16(28-25-11-20-5-21(12-25)7-22(6-20)13-25)15-26-23(27)14-24-8-17-2-18(9-24)4-19(3-17)10-24/h16-22H,2-15H2,1H3,(H,26,27). The van der Waals surface area contributed by atoms with E-state index in [4.69, 9.17) is 4.74 Å². The Hall–Kier alpha value is -0.570. The second-order valence-corrected chi connectivity index (χ2v) is 12.4. The average Bonchev–Trinajstić information content (AvgIpc) is 2.56. The van der Waals surface area contributed by atoms with Gasteiger partial charge in [0.25, 0.3) is 0 Å². The topological polar surface area (TPSA) is 38.3 Å². The van der Waals surface area contributed by atoms with Crippen LogP contribution >= 0.6 is 0 Å². The maximum Gasteiger partial charge on any atom is 0.220 e. The summed E-state index contributed by atoms with van der Waals surface area (Å²) in [6, 6.07) is 0. The average molecular weight is 386 g/mol. The van der Waals surface area contributed by atoms with E-state index in [0.717, 1.165) is 41.9 Å². The van der Waals surface area contributed by atoms with Crippen molar-refractivity contribution in [1.29, 1.82) is 0 Å². The van der Waals surface area contributed by atoms with E-state index >= 15 is 0 Å². The van der Waals surface area contributed by atoms with Crippen LogP contribution in [0.5, 0.6) is 0 Å². The molecule has 8 aliphatic carbocycles. The second-order valence-electron chi connectivity index (χ2n) is 12.4. The summed E-state index contributed by atoms with van der Waals surface area (Å²) in [5, 5.41) is 3.28. The molecule has 8 saturated carbocycles. The third-order valence-corrected chi connectivity index (χ3v) is 9.72. The summed E-state index contributed by atoms with van der Waals surface area (Å²) in [4.78, 5) is 12.8. The molecule has 1 atom stereocenters. The first kappa shape index (κ1) is 18.2. The van der Waals surface area contributed by atoms with Crippen molar-refractivity contribution in [2.24, 2.45) is 40.9 Å². The van der Waals surface area contributed by atoms with Crippen LogP contribution in [0, 0.1) is 40.9 Å². The minimum atomic E-state index is 0.150. The number of rotatable bonds is 6. The van der Waals surface area contributed by atoms with E-state index in [1.165, 1.54) is 77.0 Å². The maximum absolute atomic E-state index is 12.8. The summed E-state index contributed by atoms with van der Waals surface area (Å²) in [5.74, 6) is 5.84. The van der Waals surface area contributed by atoms with Crippen LogP contribution in [0.2, 0.25) is 0 Å². The van der Waals surface area contributed by atoms with Crippen LogP contribution in [0.15, 0.2) is 0 Å². The molecule has 156 valence electrons. The molecule has 28 heavy (non-hydrogen) atoms. The normalized spacial score (nSPS) is 51.5. The molecule has 0 spiro atoms. The van der Waals surface area contributed by atoms with E-state index in [0.29, 0.717) is 17.9 Å². The molecule has 0 radical (unpaired) electrons. The van der Waals surface area contributed by atoms with Crippen LogP contribution in [0.4, 0.5) is 0 Å². The van der Waals surface area contributed by atoms with Gasteiger partial charge >= 0.3 is 0 Å². The molecule has 8 bridgehead atoms. The Morgan fingerprint density at radius 1 is 0.821 bits per heavy atom. The van der Waals surface area contributed by atoms with E-state index in [1.54, 1.807) is 0 Å². The van der Waals surface area contributed by atoms with Crippen LogP contribution in [-0.4, -0.2) is 24.2 Å². The van der Waals surface area contributed by atoms with Crippen molar-refractivity contribution in [3.05, 3.63) is 0 Å². The number of hydrogen-bond donors (Lipinski definition) is 1. The lowest BCUT2D eigenvalue weighted by Crippen LogP contribution is -2.54. The van der Waals surface area contributed by atoms with Gasteiger partial charge in [-0.3, -0.25) is 4.79 Å². The van der Waals surface area contributed by atoms with Gasteiger partial charge in [0.15, 0.2) is 0 Å². The molecule has 3 nitrogen and oxygen atoms in total. The number of amides is 1. The predicted molar refractivity (Wildman–Crippen MR) is 110 cm³/mol. The van der Waals surface area contributed by atoms with E-state index in [-0.39, 0.29) is 11.7 Å². The molecule has 0 heterocycles. The van der Waals surface area contributed by atoms with Crippen LogP contribution in [0.25, 0.3) is 0 Å². The van der Waals surface area contributed by atoms with E-state index in [2.05, 4.69) is 12.2 Å². The van der Waals surface area contributed by atoms with Gasteiger partial charge in [0.1, 0.15) is 0 Å². The fraction of sp³-hybridized carbons (Fsp3) is 0.960. The first-order valence-corrected chi connectivity index (χ1v) is 12.4. The van der Waals surface area contributed by atoms with Gasteiger partial charge in [0, 0.05) is 13.0 Å². The molecule has 3 heteroatoms. The lowest BCUT2D eigenvalue weighted by atomic mass is 9.49. The van der Waals surface area contributed by atoms with Gasteiger partial charge in [-0.1, -0.05) is 0 Å². The van der Waals surface area contributed by atoms with Crippen molar-refractivity contribution in [3.63, 3.8) is 0 Å². The Morgan fingerprint density at radius 2 is 1.25 bits per heavy atom. The van der Waals surface area contributed by atoms with Gasteiger partial charge in [-0.2, -0.15) is 0 Å². The van der Waals surface area contributed by atoms with E-state index in [9.17, 15) is 4.79 Å². The fourth-order valence-corrected chi connectivity index (χ4v) is 9.81. The van der Waals surface area contributed by atoms with Gasteiger partial charge in [0.2, 0.25) is 5.91 Å². The van der Waals surface area contributed by atoms with Gasteiger partial charge in [-0.15, -0.1) is 0 Å². The lowest BCUT2D eigenvalue weighted by Gasteiger charge is -2.57. The largest absolute Gasteiger partial charge is 0.370 e. The maximum atomic E-state index is 12.8. The highest BCUT2D eigenvalue weighted by atomic mass is 16.5. The first-order valence-electron chi connectivity index (χ1n) is 12.4. The SMILES string of the molecule is CC(CNC(=O)CC12CC3CC(CC(C3)C1)C2)OC12CC3CC(CC(C3)C1)C2. The Kier molecular flexibility index (Phi) is 4.20.